The molecule has 1 aliphatic rings. The molecule has 0 spiro atoms. The molecule has 0 aliphatic heterocycles. The van der Waals surface area contributed by atoms with Crippen LogP contribution in [0.1, 0.15) is 18.4 Å². The summed E-state index contributed by atoms with van der Waals surface area (Å²) < 4.78 is 5.29. The van der Waals surface area contributed by atoms with Crippen LogP contribution in [-0.2, 0) is 11.2 Å². The van der Waals surface area contributed by atoms with Gasteiger partial charge in [-0.15, -0.1) is 0 Å². The van der Waals surface area contributed by atoms with E-state index in [1.165, 1.54) is 0 Å². The molecule has 0 saturated heterocycles. The summed E-state index contributed by atoms with van der Waals surface area (Å²) in [5.41, 5.74) is 1.11. The van der Waals surface area contributed by atoms with E-state index < -0.39 is 0 Å². The van der Waals surface area contributed by atoms with Crippen LogP contribution in [0.3, 0.4) is 0 Å². The van der Waals surface area contributed by atoms with Crippen molar-refractivity contribution < 1.29 is 9.53 Å². The molecule has 4 nitrogen and oxygen atoms in total. The van der Waals surface area contributed by atoms with Crippen molar-refractivity contribution in [3.8, 4) is 5.75 Å². The first-order chi connectivity index (χ1) is 9.79. The van der Waals surface area contributed by atoms with Crippen molar-refractivity contribution in [3.63, 3.8) is 0 Å². The lowest BCUT2D eigenvalue weighted by molar-refractivity contribution is -0.120. The Balaban J connectivity index is 1.65. The number of hydrogen-bond acceptors (Lipinski definition) is 3. The maximum absolute atomic E-state index is 11.7. The molecule has 0 radical (unpaired) electrons. The quantitative estimate of drug-likeness (QED) is 0.744. The third kappa shape index (κ3) is 4.38. The van der Waals surface area contributed by atoms with E-state index in [2.05, 4.69) is 22.8 Å². The minimum absolute atomic E-state index is 0.0480. The Kier molecular flexibility index (Phi) is 5.62. The van der Waals surface area contributed by atoms with Gasteiger partial charge < -0.3 is 15.4 Å². The summed E-state index contributed by atoms with van der Waals surface area (Å²) in [5, 5.41) is 6.18. The third-order valence-corrected chi connectivity index (χ3v) is 3.47. The molecule has 0 fully saturated rings. The summed E-state index contributed by atoms with van der Waals surface area (Å²) in [4.78, 5) is 11.7. The van der Waals surface area contributed by atoms with Gasteiger partial charge in [0.15, 0.2) is 0 Å². The Morgan fingerprint density at radius 2 is 2.05 bits per heavy atom. The van der Waals surface area contributed by atoms with Crippen LogP contribution in [0.5, 0.6) is 5.75 Å². The summed E-state index contributed by atoms with van der Waals surface area (Å²) in [6.45, 7) is 1.02. The summed E-state index contributed by atoms with van der Waals surface area (Å²) in [6, 6.07) is 8.31. The summed E-state index contributed by atoms with van der Waals surface area (Å²) in [5.74, 6) is 0.920. The van der Waals surface area contributed by atoms with Crippen molar-refractivity contribution in [1.82, 2.24) is 10.6 Å². The molecule has 2 N–H and O–H groups in total. The van der Waals surface area contributed by atoms with Crippen LogP contribution >= 0.6 is 0 Å². The zero-order valence-electron chi connectivity index (χ0n) is 11.9. The molecular weight excluding hydrogens is 252 g/mol. The second kappa shape index (κ2) is 7.70. The fraction of sp³-hybridized carbons (Fsp3) is 0.438. The summed E-state index contributed by atoms with van der Waals surface area (Å²) in [6.07, 6.45) is 7.12. The Labute approximate surface area is 120 Å². The first-order valence-corrected chi connectivity index (χ1v) is 7.06. The van der Waals surface area contributed by atoms with Crippen molar-refractivity contribution >= 4 is 5.91 Å². The molecule has 0 aromatic heterocycles. The number of carbonyl (C=O) groups is 1. The summed E-state index contributed by atoms with van der Waals surface area (Å²) >= 11 is 0. The van der Waals surface area contributed by atoms with Crippen LogP contribution in [0.25, 0.3) is 0 Å². The van der Waals surface area contributed by atoms with E-state index >= 15 is 0 Å². The highest BCUT2D eigenvalue weighted by molar-refractivity contribution is 5.78. The fourth-order valence-electron chi connectivity index (χ4n) is 2.33. The number of nitrogens with one attached hydrogen (secondary N) is 2. The number of amides is 1. The van der Waals surface area contributed by atoms with Gasteiger partial charge in [0, 0.05) is 12.6 Å². The number of rotatable bonds is 7. The Hall–Kier alpha value is -1.81. The monoisotopic (exact) mass is 274 g/mol. The van der Waals surface area contributed by atoms with Crippen LogP contribution in [0.4, 0.5) is 0 Å². The molecule has 0 bridgehead atoms. The van der Waals surface area contributed by atoms with Crippen molar-refractivity contribution in [3.05, 3.63) is 42.0 Å². The van der Waals surface area contributed by atoms with Gasteiger partial charge in [-0.3, -0.25) is 4.79 Å². The Morgan fingerprint density at radius 1 is 1.30 bits per heavy atom. The molecule has 1 aliphatic carbocycles. The predicted octanol–water partition coefficient (Wildman–Crippen LogP) is 1.66. The minimum Gasteiger partial charge on any atom is -0.496 e. The lowest BCUT2D eigenvalue weighted by Gasteiger charge is -2.12. The van der Waals surface area contributed by atoms with Crippen molar-refractivity contribution in [2.75, 3.05) is 20.2 Å². The first-order valence-electron chi connectivity index (χ1n) is 7.06. The van der Waals surface area contributed by atoms with Gasteiger partial charge in [0.25, 0.3) is 0 Å². The maximum atomic E-state index is 11.7. The molecule has 0 unspecified atom stereocenters. The fourth-order valence-corrected chi connectivity index (χ4v) is 2.33. The number of hydrogen-bond donors (Lipinski definition) is 2. The van der Waals surface area contributed by atoms with Crippen LogP contribution in [0, 0.1) is 0 Å². The smallest absolute Gasteiger partial charge is 0.233 e. The van der Waals surface area contributed by atoms with E-state index in [4.69, 9.17) is 4.74 Å². The molecular formula is C16H22N2O2. The third-order valence-electron chi connectivity index (χ3n) is 3.47. The Morgan fingerprint density at radius 3 is 2.80 bits per heavy atom. The standard InChI is InChI=1S/C16H22N2O2/c1-20-15-9-5-2-6-13(15)10-11-17-16(19)12-18-14-7-3-4-8-14/h2-6,9,14,18H,7-8,10-12H2,1H3,(H,17,19). The zero-order chi connectivity index (χ0) is 14.2. The molecule has 4 heteroatoms. The molecule has 1 aromatic rings. The second-order valence-electron chi connectivity index (χ2n) is 4.93. The number of carbonyl (C=O) groups excluding carboxylic acids is 1. The average molecular weight is 274 g/mol. The lowest BCUT2D eigenvalue weighted by Crippen LogP contribution is -2.38. The summed E-state index contributed by atoms with van der Waals surface area (Å²) in [7, 11) is 1.66. The topological polar surface area (TPSA) is 50.4 Å². The van der Waals surface area contributed by atoms with Gasteiger partial charge in [-0.05, 0) is 30.9 Å². The molecule has 2 rings (SSSR count). The van der Waals surface area contributed by atoms with Crippen LogP contribution in [0.2, 0.25) is 0 Å². The van der Waals surface area contributed by atoms with E-state index in [-0.39, 0.29) is 5.91 Å². The van der Waals surface area contributed by atoms with Crippen molar-refractivity contribution in [1.29, 1.82) is 0 Å². The maximum Gasteiger partial charge on any atom is 0.233 e. The molecule has 0 saturated carbocycles. The number of ether oxygens (including phenoxy) is 1. The van der Waals surface area contributed by atoms with Gasteiger partial charge in [0.05, 0.1) is 13.7 Å². The molecule has 108 valence electrons. The highest BCUT2D eigenvalue weighted by Crippen LogP contribution is 2.17. The predicted molar refractivity (Wildman–Crippen MR) is 79.9 cm³/mol. The van der Waals surface area contributed by atoms with Crippen LogP contribution in [0.15, 0.2) is 36.4 Å². The zero-order valence-corrected chi connectivity index (χ0v) is 11.9. The molecule has 1 amide bonds. The van der Waals surface area contributed by atoms with Crippen LogP contribution < -0.4 is 15.4 Å². The van der Waals surface area contributed by atoms with E-state index in [1.54, 1.807) is 7.11 Å². The van der Waals surface area contributed by atoms with E-state index in [0.717, 1.165) is 30.6 Å². The van der Waals surface area contributed by atoms with E-state index in [0.29, 0.717) is 19.1 Å². The molecule has 0 heterocycles. The second-order valence-corrected chi connectivity index (χ2v) is 4.93. The first kappa shape index (κ1) is 14.6. The minimum atomic E-state index is 0.0480. The number of para-hydroxylation sites is 1. The van der Waals surface area contributed by atoms with Gasteiger partial charge in [-0.2, -0.15) is 0 Å². The van der Waals surface area contributed by atoms with E-state index in [1.807, 2.05) is 24.3 Å². The van der Waals surface area contributed by atoms with Crippen molar-refractivity contribution in [2.24, 2.45) is 0 Å². The highest BCUT2D eigenvalue weighted by Gasteiger charge is 2.11. The molecule has 0 atom stereocenters. The number of benzene rings is 1. The SMILES string of the molecule is COc1ccccc1CCNC(=O)CNC1CC=CC1. The average Bonchev–Trinajstić information content (AvgIpc) is 2.99. The van der Waals surface area contributed by atoms with Gasteiger partial charge >= 0.3 is 0 Å². The van der Waals surface area contributed by atoms with Gasteiger partial charge in [0.1, 0.15) is 5.75 Å². The lowest BCUT2D eigenvalue weighted by atomic mass is 10.1. The number of methoxy groups -OCH3 is 1. The van der Waals surface area contributed by atoms with Gasteiger partial charge in [-0.1, -0.05) is 30.4 Å². The largest absolute Gasteiger partial charge is 0.496 e. The molecule has 1 aromatic carbocycles. The molecule has 20 heavy (non-hydrogen) atoms. The van der Waals surface area contributed by atoms with Gasteiger partial charge in [0.2, 0.25) is 5.91 Å². The highest BCUT2D eigenvalue weighted by atomic mass is 16.5. The van der Waals surface area contributed by atoms with E-state index in [9.17, 15) is 4.79 Å². The van der Waals surface area contributed by atoms with Crippen molar-refractivity contribution in [2.45, 2.75) is 25.3 Å². The van der Waals surface area contributed by atoms with Gasteiger partial charge in [-0.25, -0.2) is 0 Å². The Bertz CT molecular complexity index is 463. The van der Waals surface area contributed by atoms with Crippen LogP contribution in [-0.4, -0.2) is 32.1 Å². The normalized spacial score (nSPS) is 14.4.